The average molecular weight is 420 g/mol. The van der Waals surface area contributed by atoms with Gasteiger partial charge in [0, 0.05) is 45.2 Å². The molecule has 0 aliphatic carbocycles. The van der Waals surface area contributed by atoms with Crippen molar-refractivity contribution < 1.29 is 4.74 Å². The molecule has 1 aliphatic rings. The van der Waals surface area contributed by atoms with E-state index < -0.39 is 0 Å². The van der Waals surface area contributed by atoms with E-state index in [1.807, 2.05) is 32.3 Å². The van der Waals surface area contributed by atoms with Crippen molar-refractivity contribution in [3.05, 3.63) is 77.7 Å². The zero-order chi connectivity index (χ0) is 22.9. The van der Waals surface area contributed by atoms with Gasteiger partial charge in [-0.15, -0.1) is 0 Å². The highest BCUT2D eigenvalue weighted by atomic mass is 16.5. The molecule has 31 heavy (non-hydrogen) atoms. The van der Waals surface area contributed by atoms with Crippen LogP contribution in [0.3, 0.4) is 0 Å². The third-order valence-corrected chi connectivity index (χ3v) is 5.55. The van der Waals surface area contributed by atoms with Crippen LogP contribution in [-0.2, 0) is 11.3 Å². The predicted molar refractivity (Wildman–Crippen MR) is 134 cm³/mol. The van der Waals surface area contributed by atoms with Gasteiger partial charge < -0.3 is 9.64 Å². The van der Waals surface area contributed by atoms with Crippen molar-refractivity contribution in [1.82, 2.24) is 4.90 Å². The summed E-state index contributed by atoms with van der Waals surface area (Å²) in [7, 11) is 1.79. The maximum atomic E-state index is 5.77. The number of ether oxygens (including phenoxy) is 1. The molecule has 0 unspecified atom stereocenters. The number of benzene rings is 1. The second kappa shape index (κ2) is 11.5. The fourth-order valence-corrected chi connectivity index (χ4v) is 3.09. The van der Waals surface area contributed by atoms with Crippen molar-refractivity contribution in [2.45, 2.75) is 47.6 Å². The molecule has 0 fully saturated rings. The summed E-state index contributed by atoms with van der Waals surface area (Å²) in [4.78, 5) is 10.8. The van der Waals surface area contributed by atoms with E-state index in [1.165, 1.54) is 16.7 Å². The van der Waals surface area contributed by atoms with Gasteiger partial charge in [-0.1, -0.05) is 57.7 Å². The molecule has 0 bridgehead atoms. The van der Waals surface area contributed by atoms with E-state index in [1.54, 1.807) is 7.05 Å². The summed E-state index contributed by atoms with van der Waals surface area (Å²) in [6.45, 7) is 17.1. The van der Waals surface area contributed by atoms with E-state index in [9.17, 15) is 0 Å². The molecular formula is C27H37N3O. The molecule has 0 amide bonds. The molecule has 1 aliphatic heterocycles. The zero-order valence-electron chi connectivity index (χ0n) is 20.0. The van der Waals surface area contributed by atoms with Gasteiger partial charge in [0.2, 0.25) is 0 Å². The summed E-state index contributed by atoms with van der Waals surface area (Å²) < 4.78 is 5.77. The first-order valence-corrected chi connectivity index (χ1v) is 10.9. The lowest BCUT2D eigenvalue weighted by Crippen LogP contribution is -2.19. The number of hydrogen-bond acceptors (Lipinski definition) is 4. The van der Waals surface area contributed by atoms with Crippen molar-refractivity contribution in [2.75, 3.05) is 20.2 Å². The SMILES string of the molecule is C=C1C=C(/C=C\N=C(/C)OCC(C)(C)CC)CN1Cc1ccc(C(/C=N\C)=C/C)cc1. The fourth-order valence-electron chi connectivity index (χ4n) is 3.09. The van der Waals surface area contributed by atoms with Crippen LogP contribution in [0.4, 0.5) is 0 Å². The van der Waals surface area contributed by atoms with E-state index in [4.69, 9.17) is 4.74 Å². The van der Waals surface area contributed by atoms with E-state index in [-0.39, 0.29) is 5.41 Å². The summed E-state index contributed by atoms with van der Waals surface area (Å²) in [5, 5.41) is 0. The first-order valence-electron chi connectivity index (χ1n) is 10.9. The minimum absolute atomic E-state index is 0.170. The normalized spacial score (nSPS) is 16.0. The second-order valence-corrected chi connectivity index (χ2v) is 8.67. The monoisotopic (exact) mass is 419 g/mol. The number of allylic oxidation sites excluding steroid dienone is 3. The minimum atomic E-state index is 0.170. The number of hydrogen-bond donors (Lipinski definition) is 0. The quantitative estimate of drug-likeness (QED) is 0.341. The van der Waals surface area contributed by atoms with Crippen LogP contribution < -0.4 is 0 Å². The van der Waals surface area contributed by atoms with Crippen LogP contribution in [0.1, 0.15) is 52.2 Å². The standard InChI is InChI=1S/C27H37N3O/c1-8-25(17-28-7)26-12-10-23(11-13-26)18-30-19-24(16-21(30)3)14-15-29-22(4)31-20-27(5,6)9-2/h8,10-17H,3,9,18-20H2,1-2,4-7H3/b15-14-,25-8+,28-17-,29-22+. The van der Waals surface area contributed by atoms with Crippen molar-refractivity contribution in [3.63, 3.8) is 0 Å². The Balaban J connectivity index is 1.90. The number of rotatable bonds is 9. The second-order valence-electron chi connectivity index (χ2n) is 8.67. The molecule has 0 saturated heterocycles. The third kappa shape index (κ3) is 7.71. The third-order valence-electron chi connectivity index (χ3n) is 5.55. The number of nitrogens with zero attached hydrogens (tertiary/aromatic N) is 3. The molecule has 2 rings (SSSR count). The van der Waals surface area contributed by atoms with Gasteiger partial charge in [-0.05, 0) is 53.2 Å². The molecule has 0 saturated carbocycles. The molecule has 0 spiro atoms. The van der Waals surface area contributed by atoms with Crippen molar-refractivity contribution >= 4 is 17.7 Å². The smallest absolute Gasteiger partial charge is 0.184 e. The van der Waals surface area contributed by atoms with Gasteiger partial charge in [0.15, 0.2) is 5.90 Å². The molecule has 0 aromatic heterocycles. The molecule has 0 radical (unpaired) electrons. The highest BCUT2D eigenvalue weighted by molar-refractivity contribution is 6.09. The van der Waals surface area contributed by atoms with Crippen LogP contribution in [-0.4, -0.2) is 37.2 Å². The first kappa shape index (κ1) is 24.4. The van der Waals surface area contributed by atoms with Crippen LogP contribution in [0.5, 0.6) is 0 Å². The van der Waals surface area contributed by atoms with E-state index in [0.29, 0.717) is 12.5 Å². The van der Waals surface area contributed by atoms with Crippen molar-refractivity contribution in [2.24, 2.45) is 15.4 Å². The lowest BCUT2D eigenvalue weighted by atomic mass is 9.92. The Morgan fingerprint density at radius 3 is 2.58 bits per heavy atom. The summed E-state index contributed by atoms with van der Waals surface area (Å²) in [6, 6.07) is 8.64. The van der Waals surface area contributed by atoms with Crippen LogP contribution in [0, 0.1) is 5.41 Å². The molecule has 4 heteroatoms. The van der Waals surface area contributed by atoms with Gasteiger partial charge >= 0.3 is 0 Å². The van der Waals surface area contributed by atoms with Crippen LogP contribution >= 0.6 is 0 Å². The number of aliphatic imine (C=N–C) groups is 2. The highest BCUT2D eigenvalue weighted by Gasteiger charge is 2.16. The Hall–Kier alpha value is -2.88. The summed E-state index contributed by atoms with van der Waals surface area (Å²) >= 11 is 0. The van der Waals surface area contributed by atoms with Crippen molar-refractivity contribution in [1.29, 1.82) is 0 Å². The molecule has 1 heterocycles. The molecule has 166 valence electrons. The van der Waals surface area contributed by atoms with Gasteiger partial charge in [0.05, 0.1) is 6.61 Å². The average Bonchev–Trinajstić information content (AvgIpc) is 3.10. The Morgan fingerprint density at radius 1 is 1.26 bits per heavy atom. The van der Waals surface area contributed by atoms with E-state index >= 15 is 0 Å². The highest BCUT2D eigenvalue weighted by Crippen LogP contribution is 2.23. The van der Waals surface area contributed by atoms with E-state index in [2.05, 4.69) is 78.7 Å². The Labute approximate surface area is 188 Å². The lowest BCUT2D eigenvalue weighted by molar-refractivity contribution is 0.164. The molecule has 0 N–H and O–H groups in total. The molecular weight excluding hydrogens is 382 g/mol. The summed E-state index contributed by atoms with van der Waals surface area (Å²) in [6.07, 6.45) is 11.0. The topological polar surface area (TPSA) is 37.2 Å². The Kier molecular flexibility index (Phi) is 9.04. The van der Waals surface area contributed by atoms with Crippen molar-refractivity contribution in [3.8, 4) is 0 Å². The Bertz CT molecular complexity index is 899. The van der Waals surface area contributed by atoms with Gasteiger partial charge in [-0.3, -0.25) is 4.99 Å². The van der Waals surface area contributed by atoms with Gasteiger partial charge in [0.25, 0.3) is 0 Å². The van der Waals surface area contributed by atoms with Gasteiger partial charge in [-0.25, -0.2) is 4.99 Å². The van der Waals surface area contributed by atoms with Crippen LogP contribution in [0.25, 0.3) is 5.57 Å². The maximum absolute atomic E-state index is 5.77. The molecule has 1 aromatic carbocycles. The fraction of sp³-hybridized carbons (Fsp3) is 0.407. The van der Waals surface area contributed by atoms with Gasteiger partial charge in [0.1, 0.15) is 0 Å². The van der Waals surface area contributed by atoms with Gasteiger partial charge in [-0.2, -0.15) is 0 Å². The molecule has 4 nitrogen and oxygen atoms in total. The van der Waals surface area contributed by atoms with Crippen LogP contribution in [0.15, 0.2) is 76.5 Å². The minimum Gasteiger partial charge on any atom is -0.480 e. The maximum Gasteiger partial charge on any atom is 0.184 e. The largest absolute Gasteiger partial charge is 0.480 e. The summed E-state index contributed by atoms with van der Waals surface area (Å²) in [5.41, 5.74) is 5.96. The van der Waals surface area contributed by atoms with E-state index in [0.717, 1.165) is 30.8 Å². The molecule has 1 aromatic rings. The Morgan fingerprint density at radius 2 is 1.97 bits per heavy atom. The first-order chi connectivity index (χ1) is 14.8. The van der Waals surface area contributed by atoms with Crippen LogP contribution in [0.2, 0.25) is 0 Å². The summed E-state index contributed by atoms with van der Waals surface area (Å²) in [5.74, 6) is 0.695. The predicted octanol–water partition coefficient (Wildman–Crippen LogP) is 6.43. The molecule has 0 atom stereocenters. The lowest BCUT2D eigenvalue weighted by Gasteiger charge is -2.22. The zero-order valence-corrected chi connectivity index (χ0v) is 20.0.